The van der Waals surface area contributed by atoms with E-state index in [0.29, 0.717) is 23.3 Å². The van der Waals surface area contributed by atoms with Gasteiger partial charge in [0, 0.05) is 42.4 Å². The van der Waals surface area contributed by atoms with Gasteiger partial charge in [0.15, 0.2) is 41.0 Å². The molecule has 19 nitrogen and oxygen atoms in total. The van der Waals surface area contributed by atoms with E-state index >= 15 is 0 Å². The van der Waals surface area contributed by atoms with E-state index in [1.807, 2.05) is 0 Å². The largest absolute Gasteiger partial charge is 0.870 e. The average Bonchev–Trinajstić information content (AvgIpc) is 3.52. The first-order valence-electron chi connectivity index (χ1n) is 13.1. The number of amides is 3. The summed E-state index contributed by atoms with van der Waals surface area (Å²) in [4.78, 5) is 72.7. The van der Waals surface area contributed by atoms with Crippen LogP contribution in [0.2, 0.25) is 0 Å². The number of nitrogen functional groups attached to an aromatic ring is 2. The number of allylic oxidation sites excluding steroid dienone is 1. The number of oxime groups is 1. The summed E-state index contributed by atoms with van der Waals surface area (Å²) >= 11 is 2.18. The van der Waals surface area contributed by atoms with E-state index in [4.69, 9.17) is 22.0 Å². The number of ketones is 1. The zero-order valence-electron chi connectivity index (χ0n) is 24.4. The number of hydrogen-bond acceptors (Lipinski definition) is 15. The first kappa shape index (κ1) is 34.9. The third-order valence-corrected chi connectivity index (χ3v) is 8.78. The number of fused-ring (bicyclic) bond motifs is 1. The number of Topliss-reactive ketones (excluding diaryl/α,β-unsaturated/α-hetero) is 1. The van der Waals surface area contributed by atoms with E-state index < -0.39 is 40.6 Å². The maximum atomic E-state index is 13.3. The van der Waals surface area contributed by atoms with E-state index in [1.54, 1.807) is 22.6 Å². The number of carboxylic acid groups (broad SMARTS) is 1. The molecule has 244 valence electrons. The maximum Gasteiger partial charge on any atom is 0.350 e. The number of urea groups is 1. The van der Waals surface area contributed by atoms with Crippen LogP contribution in [-0.4, -0.2) is 95.0 Å². The lowest BCUT2D eigenvalue weighted by atomic mass is 9.89. The minimum Gasteiger partial charge on any atom is -0.870 e. The van der Waals surface area contributed by atoms with Crippen molar-refractivity contribution >= 4 is 75.6 Å². The van der Waals surface area contributed by atoms with Gasteiger partial charge in [-0.2, -0.15) is 9.36 Å². The van der Waals surface area contributed by atoms with Gasteiger partial charge in [0.25, 0.3) is 0 Å². The second-order valence-corrected chi connectivity index (χ2v) is 12.2. The molecule has 1 fully saturated rings. The van der Waals surface area contributed by atoms with Crippen molar-refractivity contribution in [2.45, 2.75) is 37.8 Å². The minimum absolute atomic E-state index is 0. The Bertz CT molecular complexity index is 1570. The van der Waals surface area contributed by atoms with Crippen LogP contribution in [0.4, 0.5) is 21.4 Å². The third-order valence-electron chi connectivity index (χ3n) is 6.84. The lowest BCUT2D eigenvalue weighted by molar-refractivity contribution is -0.765. The van der Waals surface area contributed by atoms with Gasteiger partial charge in [-0.3, -0.25) is 24.6 Å². The van der Waals surface area contributed by atoms with Gasteiger partial charge in [0.05, 0.1) is 24.0 Å². The molecule has 0 spiro atoms. The Kier molecular flexibility index (Phi) is 10.9. The minimum atomic E-state index is -1.76. The summed E-state index contributed by atoms with van der Waals surface area (Å²) < 4.78 is 7.26. The second-order valence-electron chi connectivity index (χ2n) is 10.3. The highest BCUT2D eigenvalue weighted by Gasteiger charge is 2.53. The van der Waals surface area contributed by atoms with E-state index in [2.05, 4.69) is 25.1 Å². The molecule has 2 aliphatic rings. The Morgan fingerprint density at radius 1 is 1.33 bits per heavy atom. The number of nitrogens with one attached hydrogen (secondary N) is 2. The molecule has 21 heteroatoms. The van der Waals surface area contributed by atoms with E-state index in [9.17, 15) is 29.1 Å². The first-order chi connectivity index (χ1) is 20.8. The molecule has 0 bridgehead atoms. The van der Waals surface area contributed by atoms with Crippen LogP contribution in [0.3, 0.4) is 0 Å². The van der Waals surface area contributed by atoms with Crippen molar-refractivity contribution in [3.63, 3.8) is 0 Å². The molecule has 0 aliphatic carbocycles. The van der Waals surface area contributed by atoms with Gasteiger partial charge in [-0.1, -0.05) is 5.16 Å². The zero-order valence-corrected chi connectivity index (χ0v) is 26.1. The topological polar surface area (TPSA) is 297 Å². The molecule has 2 aromatic heterocycles. The highest BCUT2D eigenvalue weighted by molar-refractivity contribution is 8.00. The standard InChI is InChI=1S/C24H31N11O7S2.H2O/c1-24(2,21(39)40)42-31-16(18-30-22(27)44-32-18)15(37)6-12-19(38)35-14(9-36)11(10-43-20(12)35)7-34-8-13(17(26)33(34)3)29-23(41)28-5-4-25;/h8-9,12,20,26H,4-7,10,25H2,1-3H3,(H5,27,28,29,30,32,39,40,41);1H2/b31-16-;/t12-,20?;/m1./s1. The van der Waals surface area contributed by atoms with Gasteiger partial charge in [0.2, 0.25) is 23.5 Å². The average molecular weight is 668 g/mol. The van der Waals surface area contributed by atoms with Crippen LogP contribution in [-0.2, 0) is 37.6 Å². The Labute approximate surface area is 264 Å². The highest BCUT2D eigenvalue weighted by Crippen LogP contribution is 2.44. The summed E-state index contributed by atoms with van der Waals surface area (Å²) in [5.41, 5.74) is 16.3. The van der Waals surface area contributed by atoms with Crippen LogP contribution in [0, 0.1) is 5.92 Å². The fraction of sp³-hybridized carbons (Fsp3) is 0.458. The number of aromatic nitrogens is 4. The smallest absolute Gasteiger partial charge is 0.350 e. The number of thioether (sulfide) groups is 1. The molecule has 0 radical (unpaired) electrons. The maximum absolute atomic E-state index is 13.3. The summed E-state index contributed by atoms with van der Waals surface area (Å²) in [6, 6.07) is -0.477. The fourth-order valence-corrected chi connectivity index (χ4v) is 6.17. The van der Waals surface area contributed by atoms with Crippen LogP contribution in [0.1, 0.15) is 26.1 Å². The molecule has 2 aromatic rings. The van der Waals surface area contributed by atoms with Crippen molar-refractivity contribution in [2.75, 3.05) is 35.6 Å². The number of carbonyl (C=O) groups is 5. The van der Waals surface area contributed by atoms with Crippen molar-refractivity contribution in [2.24, 2.45) is 23.9 Å². The summed E-state index contributed by atoms with van der Waals surface area (Å²) in [6.45, 7) is 3.25. The number of nitrogens with two attached hydrogens (primary N) is 3. The van der Waals surface area contributed by atoms with Crippen LogP contribution in [0.15, 0.2) is 22.6 Å². The lowest BCUT2D eigenvalue weighted by Crippen LogP contribution is -2.61. The molecular formula is C24H33N11O8S2. The monoisotopic (exact) mass is 667 g/mol. The van der Waals surface area contributed by atoms with Crippen LogP contribution >= 0.6 is 23.3 Å². The Morgan fingerprint density at radius 3 is 2.64 bits per heavy atom. The number of anilines is 3. The van der Waals surface area contributed by atoms with Gasteiger partial charge in [0.1, 0.15) is 0 Å². The third kappa shape index (κ3) is 7.21. The van der Waals surface area contributed by atoms with Gasteiger partial charge in [-0.25, -0.2) is 9.59 Å². The molecule has 2 atom stereocenters. The van der Waals surface area contributed by atoms with Gasteiger partial charge in [-0.15, -0.1) is 21.1 Å². The number of rotatable bonds is 13. The summed E-state index contributed by atoms with van der Waals surface area (Å²) in [5.74, 6) is -2.73. The first-order valence-corrected chi connectivity index (χ1v) is 14.9. The van der Waals surface area contributed by atoms with E-state index in [-0.39, 0.29) is 59.7 Å². The summed E-state index contributed by atoms with van der Waals surface area (Å²) in [6.07, 6.45) is 1.89. The van der Waals surface area contributed by atoms with Crippen LogP contribution in [0.5, 0.6) is 0 Å². The quantitative estimate of drug-likeness (QED) is 0.0464. The fourth-order valence-electron chi connectivity index (χ4n) is 4.31. The molecule has 1 saturated heterocycles. The summed E-state index contributed by atoms with van der Waals surface area (Å²) in [7, 11) is 1.68. The van der Waals surface area contributed by atoms with E-state index in [0.717, 1.165) is 11.5 Å². The lowest BCUT2D eigenvalue weighted by Gasteiger charge is -2.49. The van der Waals surface area contributed by atoms with Crippen molar-refractivity contribution < 1.29 is 44.1 Å². The molecule has 45 heavy (non-hydrogen) atoms. The van der Waals surface area contributed by atoms with Gasteiger partial charge < -0.3 is 37.9 Å². The zero-order chi connectivity index (χ0) is 32.3. The van der Waals surface area contributed by atoms with Crippen molar-refractivity contribution in [3.05, 3.63) is 23.3 Å². The number of aldehydes is 1. The number of carbonyl (C=O) groups excluding carboxylic acids is 4. The Hall–Kier alpha value is -4.60. The van der Waals surface area contributed by atoms with Crippen molar-refractivity contribution in [3.8, 4) is 0 Å². The molecule has 1 unspecified atom stereocenters. The molecule has 0 aromatic carbocycles. The number of aliphatic carboxylic acids is 1. The number of carboxylic acids is 1. The molecule has 3 amide bonds. The molecule has 2 aliphatic heterocycles. The number of β-lactam (4-membered cyclic amide) rings is 1. The number of nitrogens with zero attached hydrogens (tertiary/aromatic N) is 6. The van der Waals surface area contributed by atoms with Gasteiger partial charge >= 0.3 is 12.0 Å². The SMILES string of the molecule is Cn1c(N)c(NC(=O)NCCN)c[n+]1CC1=C(C=O)N2C(=O)[C@@H](CC(=O)/C(=N/OC(C)(C)C(=O)O)c3nsc(N)n3)C2SC1.[OH-]. The second kappa shape index (κ2) is 14.0. The van der Waals surface area contributed by atoms with E-state index in [1.165, 1.54) is 30.5 Å². The van der Waals surface area contributed by atoms with Gasteiger partial charge in [-0.05, 0) is 13.8 Å². The number of hydrogen-bond donors (Lipinski definition) is 6. The van der Waals surface area contributed by atoms with Crippen LogP contribution < -0.4 is 32.5 Å². The molecule has 10 N–H and O–H groups in total. The predicted octanol–water partition coefficient (Wildman–Crippen LogP) is -1.54. The Balaban J connectivity index is 0.00000552. The molecular weight excluding hydrogens is 634 g/mol. The molecule has 0 saturated carbocycles. The molecule has 4 rings (SSSR count). The normalized spacial score (nSPS) is 18.0. The van der Waals surface area contributed by atoms with Crippen molar-refractivity contribution in [1.82, 2.24) is 24.3 Å². The summed E-state index contributed by atoms with van der Waals surface area (Å²) in [5, 5.41) is 17.9. The van der Waals surface area contributed by atoms with Crippen LogP contribution in [0.25, 0.3) is 0 Å². The van der Waals surface area contributed by atoms with Crippen molar-refractivity contribution in [1.29, 1.82) is 0 Å². The Morgan fingerprint density at radius 2 is 2.04 bits per heavy atom. The molecule has 4 heterocycles. The highest BCUT2D eigenvalue weighted by atomic mass is 32.2. The predicted molar refractivity (Wildman–Crippen MR) is 161 cm³/mol.